The summed E-state index contributed by atoms with van der Waals surface area (Å²) < 4.78 is 5.15. The zero-order chi connectivity index (χ0) is 21.5. The van der Waals surface area contributed by atoms with E-state index < -0.39 is 0 Å². The van der Waals surface area contributed by atoms with Crippen molar-refractivity contribution >= 4 is 23.4 Å². The summed E-state index contributed by atoms with van der Waals surface area (Å²) in [5.41, 5.74) is 1.59. The van der Waals surface area contributed by atoms with E-state index in [0.717, 1.165) is 24.2 Å². The molecule has 0 aliphatic carbocycles. The molecule has 160 valence electrons. The minimum atomic E-state index is -0.0276. The molecule has 1 aromatic carbocycles. The smallest absolute Gasteiger partial charge is 0.254 e. The number of hydrogen-bond acceptors (Lipinski definition) is 4. The largest absolute Gasteiger partial charge is 0.497 e. The van der Waals surface area contributed by atoms with Gasteiger partial charge in [-0.25, -0.2) is 4.98 Å². The fourth-order valence-corrected chi connectivity index (χ4v) is 4.14. The van der Waals surface area contributed by atoms with E-state index in [9.17, 15) is 9.59 Å². The predicted octanol–water partition coefficient (Wildman–Crippen LogP) is 3.94. The molecule has 1 N–H and O–H groups in total. The number of nitrogens with zero attached hydrogens (tertiary/aromatic N) is 2. The number of piperidine rings is 1. The number of rotatable bonds is 7. The van der Waals surface area contributed by atoms with Gasteiger partial charge in [-0.05, 0) is 48.1 Å². The Morgan fingerprint density at radius 1 is 1.23 bits per heavy atom. The van der Waals surface area contributed by atoms with Crippen molar-refractivity contribution in [3.8, 4) is 5.75 Å². The summed E-state index contributed by atoms with van der Waals surface area (Å²) in [7, 11) is 1.63. The number of benzene rings is 1. The highest BCUT2D eigenvalue weighted by Crippen LogP contribution is 2.30. The van der Waals surface area contributed by atoms with Gasteiger partial charge >= 0.3 is 0 Å². The number of amides is 2. The number of carbonyl (C=O) groups excluding carboxylic acids is 2. The topological polar surface area (TPSA) is 71.5 Å². The van der Waals surface area contributed by atoms with E-state index in [1.54, 1.807) is 25.4 Å². The first kappa shape index (κ1) is 22.1. The molecular weight excluding hydrogens is 402 g/mol. The SMILES string of the molecule is CCC1CN(C(=O)c2ccnc(Cl)c2)CCC1CC(=O)NCc1ccc(OC)cc1. The van der Waals surface area contributed by atoms with E-state index in [4.69, 9.17) is 16.3 Å². The quantitative estimate of drug-likeness (QED) is 0.677. The van der Waals surface area contributed by atoms with Crippen molar-refractivity contribution in [2.75, 3.05) is 20.2 Å². The molecule has 0 saturated carbocycles. The number of nitrogens with one attached hydrogen (secondary N) is 1. The molecule has 2 aromatic rings. The zero-order valence-electron chi connectivity index (χ0n) is 17.4. The van der Waals surface area contributed by atoms with Crippen LogP contribution in [0, 0.1) is 11.8 Å². The van der Waals surface area contributed by atoms with Crippen molar-refractivity contribution in [3.05, 3.63) is 58.9 Å². The molecule has 1 aliphatic rings. The molecule has 2 heterocycles. The molecule has 2 atom stereocenters. The normalized spacial score (nSPS) is 18.7. The molecular formula is C23H28ClN3O3. The second-order valence-electron chi connectivity index (χ2n) is 7.66. The van der Waals surface area contributed by atoms with E-state index >= 15 is 0 Å². The lowest BCUT2D eigenvalue weighted by atomic mass is 9.81. The Labute approximate surface area is 182 Å². The Morgan fingerprint density at radius 2 is 2.00 bits per heavy atom. The number of pyridine rings is 1. The molecule has 7 heteroatoms. The lowest BCUT2D eigenvalue weighted by molar-refractivity contribution is -0.123. The minimum absolute atomic E-state index is 0.0276. The van der Waals surface area contributed by atoms with Gasteiger partial charge in [0.1, 0.15) is 10.9 Å². The summed E-state index contributed by atoms with van der Waals surface area (Å²) in [5, 5.41) is 3.33. The number of halogens is 1. The average Bonchev–Trinajstić information content (AvgIpc) is 2.77. The van der Waals surface area contributed by atoms with Gasteiger partial charge in [-0.1, -0.05) is 37.1 Å². The number of ether oxygens (including phenoxy) is 1. The van der Waals surface area contributed by atoms with E-state index in [2.05, 4.69) is 17.2 Å². The van der Waals surface area contributed by atoms with Gasteiger partial charge in [0.15, 0.2) is 0 Å². The van der Waals surface area contributed by atoms with Crippen molar-refractivity contribution < 1.29 is 14.3 Å². The van der Waals surface area contributed by atoms with Crippen LogP contribution in [-0.4, -0.2) is 41.9 Å². The molecule has 3 rings (SSSR count). The van der Waals surface area contributed by atoms with Gasteiger partial charge in [0.05, 0.1) is 7.11 Å². The van der Waals surface area contributed by atoms with Gasteiger partial charge < -0.3 is 15.0 Å². The highest BCUT2D eigenvalue weighted by molar-refractivity contribution is 6.29. The number of carbonyl (C=O) groups is 2. The van der Waals surface area contributed by atoms with Crippen LogP contribution in [0.25, 0.3) is 0 Å². The van der Waals surface area contributed by atoms with Crippen LogP contribution in [0.5, 0.6) is 5.75 Å². The zero-order valence-corrected chi connectivity index (χ0v) is 18.2. The van der Waals surface area contributed by atoms with Crippen molar-refractivity contribution in [3.63, 3.8) is 0 Å². The summed E-state index contributed by atoms with van der Waals surface area (Å²) in [6, 6.07) is 11.0. The third kappa shape index (κ3) is 5.72. The fraction of sp³-hybridized carbons (Fsp3) is 0.435. The van der Waals surface area contributed by atoms with Crippen molar-refractivity contribution in [2.24, 2.45) is 11.8 Å². The van der Waals surface area contributed by atoms with Crippen LogP contribution in [0.15, 0.2) is 42.6 Å². The first-order chi connectivity index (χ1) is 14.5. The predicted molar refractivity (Wildman–Crippen MR) is 116 cm³/mol. The summed E-state index contributed by atoms with van der Waals surface area (Å²) in [4.78, 5) is 31.1. The summed E-state index contributed by atoms with van der Waals surface area (Å²) >= 11 is 5.92. The molecule has 0 bridgehead atoms. The Bertz CT molecular complexity index is 872. The van der Waals surface area contributed by atoms with Crippen LogP contribution < -0.4 is 10.1 Å². The van der Waals surface area contributed by atoms with E-state index in [-0.39, 0.29) is 17.7 Å². The third-order valence-electron chi connectivity index (χ3n) is 5.77. The van der Waals surface area contributed by atoms with Crippen molar-refractivity contribution in [2.45, 2.75) is 32.7 Å². The molecule has 2 amide bonds. The van der Waals surface area contributed by atoms with Crippen LogP contribution >= 0.6 is 11.6 Å². The fourth-order valence-electron chi connectivity index (χ4n) is 3.97. The molecule has 1 saturated heterocycles. The molecule has 2 unspecified atom stereocenters. The average molecular weight is 430 g/mol. The van der Waals surface area contributed by atoms with Crippen molar-refractivity contribution in [1.82, 2.24) is 15.2 Å². The first-order valence-electron chi connectivity index (χ1n) is 10.3. The summed E-state index contributed by atoms with van der Waals surface area (Å²) in [6.45, 7) is 3.92. The molecule has 0 radical (unpaired) electrons. The summed E-state index contributed by atoms with van der Waals surface area (Å²) in [5.74, 6) is 1.39. The standard InChI is InChI=1S/C23H28ClN3O3/c1-3-17-15-27(23(29)19-8-10-25-21(24)12-19)11-9-18(17)13-22(28)26-14-16-4-6-20(30-2)7-5-16/h4-8,10,12,17-18H,3,9,11,13-15H2,1-2H3,(H,26,28). The maximum atomic E-state index is 12.8. The van der Waals surface area contributed by atoms with E-state index in [0.29, 0.717) is 42.7 Å². The lowest BCUT2D eigenvalue weighted by Gasteiger charge is -2.38. The number of aromatic nitrogens is 1. The Kier molecular flexibility index (Phi) is 7.69. The molecule has 1 fully saturated rings. The monoisotopic (exact) mass is 429 g/mol. The second kappa shape index (κ2) is 10.4. The Hall–Kier alpha value is -2.60. The van der Waals surface area contributed by atoms with Gasteiger partial charge in [-0.15, -0.1) is 0 Å². The van der Waals surface area contributed by atoms with Crippen LogP contribution in [0.2, 0.25) is 5.15 Å². The second-order valence-corrected chi connectivity index (χ2v) is 8.05. The number of methoxy groups -OCH3 is 1. The number of hydrogen-bond donors (Lipinski definition) is 1. The van der Waals surface area contributed by atoms with Crippen LogP contribution in [0.3, 0.4) is 0 Å². The van der Waals surface area contributed by atoms with Crippen molar-refractivity contribution in [1.29, 1.82) is 0 Å². The highest BCUT2D eigenvalue weighted by Gasteiger charge is 2.32. The molecule has 1 aromatic heterocycles. The maximum Gasteiger partial charge on any atom is 0.254 e. The molecule has 30 heavy (non-hydrogen) atoms. The van der Waals surface area contributed by atoms with Gasteiger partial charge in [-0.3, -0.25) is 9.59 Å². The highest BCUT2D eigenvalue weighted by atomic mass is 35.5. The third-order valence-corrected chi connectivity index (χ3v) is 5.98. The molecule has 0 spiro atoms. The van der Waals surface area contributed by atoms with Crippen LogP contribution in [0.1, 0.15) is 42.1 Å². The van der Waals surface area contributed by atoms with Gasteiger partial charge in [-0.2, -0.15) is 0 Å². The number of likely N-dealkylation sites (tertiary alicyclic amines) is 1. The maximum absolute atomic E-state index is 12.8. The van der Waals surface area contributed by atoms with E-state index in [1.165, 1.54) is 0 Å². The Morgan fingerprint density at radius 3 is 2.67 bits per heavy atom. The van der Waals surface area contributed by atoms with Gasteiger partial charge in [0, 0.05) is 37.8 Å². The lowest BCUT2D eigenvalue weighted by Crippen LogP contribution is -2.44. The molecule has 1 aliphatic heterocycles. The first-order valence-corrected chi connectivity index (χ1v) is 10.7. The summed E-state index contributed by atoms with van der Waals surface area (Å²) in [6.07, 6.45) is 3.78. The van der Waals surface area contributed by atoms with Crippen LogP contribution in [0.4, 0.5) is 0 Å². The van der Waals surface area contributed by atoms with Gasteiger partial charge in [0.25, 0.3) is 5.91 Å². The Balaban J connectivity index is 1.52. The van der Waals surface area contributed by atoms with Gasteiger partial charge in [0.2, 0.25) is 5.91 Å². The molecule has 6 nitrogen and oxygen atoms in total. The minimum Gasteiger partial charge on any atom is -0.497 e. The van der Waals surface area contributed by atoms with Crippen LogP contribution in [-0.2, 0) is 11.3 Å². The van der Waals surface area contributed by atoms with E-state index in [1.807, 2.05) is 29.2 Å².